The van der Waals surface area contributed by atoms with Gasteiger partial charge in [-0.25, -0.2) is 31.5 Å². The minimum absolute atomic E-state index is 0. The van der Waals surface area contributed by atoms with E-state index in [0.717, 1.165) is 10.4 Å². The van der Waals surface area contributed by atoms with Gasteiger partial charge in [0.15, 0.2) is 0 Å². The minimum atomic E-state index is -3.56. The van der Waals surface area contributed by atoms with Crippen molar-refractivity contribution in [1.29, 1.82) is 0 Å². The van der Waals surface area contributed by atoms with Gasteiger partial charge in [-0.3, -0.25) is 0 Å². The largest absolute Gasteiger partial charge is 0.415 e. The van der Waals surface area contributed by atoms with Crippen LogP contribution in [0.2, 0.25) is 0 Å². The lowest BCUT2D eigenvalue weighted by atomic mass is 10.1. The average molecular weight is 502 g/mol. The van der Waals surface area contributed by atoms with E-state index >= 15 is 0 Å². The standard InChI is InChI=1S/C19H18F4N6O3S.CH4/c1-29(33(30,31)12-3-4-12)9-15(13-5-2-11(20)6-14(13)21)26-19-24-7-10(8-25-19)17-27-28-18(32-17)16(22)23;/h2,5-8,12,15-16H,3-4,9H2,1H3,(H,24,25,26);1H4. The number of nitrogens with zero attached hydrogens (tertiary/aromatic N) is 5. The van der Waals surface area contributed by atoms with Gasteiger partial charge in [-0.05, 0) is 18.9 Å². The zero-order valence-corrected chi connectivity index (χ0v) is 17.9. The summed E-state index contributed by atoms with van der Waals surface area (Å²) < 4.78 is 84.2. The molecule has 0 amide bonds. The number of halogens is 4. The Morgan fingerprint density at radius 2 is 1.85 bits per heavy atom. The van der Waals surface area contributed by atoms with Crippen LogP contribution in [-0.2, 0) is 10.0 Å². The van der Waals surface area contributed by atoms with Crippen molar-refractivity contribution < 1.29 is 30.4 Å². The number of likely N-dealkylation sites (N-methyl/N-ethyl adjacent to an activating group) is 1. The normalized spacial score (nSPS) is 14.8. The Hall–Kier alpha value is -3.13. The average Bonchev–Trinajstić information content (AvgIpc) is 3.51. The van der Waals surface area contributed by atoms with Gasteiger partial charge >= 0.3 is 6.43 Å². The van der Waals surface area contributed by atoms with Crippen molar-refractivity contribution in [2.75, 3.05) is 18.9 Å². The van der Waals surface area contributed by atoms with Crippen LogP contribution in [0, 0.1) is 11.6 Å². The second kappa shape index (κ2) is 10.0. The number of anilines is 1. The molecule has 1 unspecified atom stereocenters. The molecule has 1 atom stereocenters. The summed E-state index contributed by atoms with van der Waals surface area (Å²) >= 11 is 0. The molecule has 1 aliphatic carbocycles. The van der Waals surface area contributed by atoms with Crippen molar-refractivity contribution in [2.45, 2.75) is 38.0 Å². The fourth-order valence-corrected chi connectivity index (χ4v) is 4.69. The third-order valence-electron chi connectivity index (χ3n) is 4.99. The smallest absolute Gasteiger partial charge is 0.314 e. The molecule has 0 saturated heterocycles. The Balaban J connectivity index is 0.00000324. The highest BCUT2D eigenvalue weighted by atomic mass is 32.2. The van der Waals surface area contributed by atoms with Crippen LogP contribution in [-0.4, -0.2) is 51.7 Å². The number of alkyl halides is 2. The van der Waals surface area contributed by atoms with Crippen LogP contribution in [0.3, 0.4) is 0 Å². The summed E-state index contributed by atoms with van der Waals surface area (Å²) in [4.78, 5) is 8.07. The van der Waals surface area contributed by atoms with Gasteiger partial charge in [-0.15, -0.1) is 10.2 Å². The van der Waals surface area contributed by atoms with E-state index in [0.29, 0.717) is 18.9 Å². The fourth-order valence-electron chi connectivity index (χ4n) is 3.10. The highest BCUT2D eigenvalue weighted by Crippen LogP contribution is 2.32. The van der Waals surface area contributed by atoms with Gasteiger partial charge in [0.2, 0.25) is 16.0 Å². The lowest BCUT2D eigenvalue weighted by Gasteiger charge is -2.25. The number of aromatic nitrogens is 4. The number of hydrogen-bond donors (Lipinski definition) is 1. The molecule has 2 heterocycles. The molecule has 184 valence electrons. The molecule has 34 heavy (non-hydrogen) atoms. The van der Waals surface area contributed by atoms with Gasteiger partial charge in [-0.1, -0.05) is 13.5 Å². The first-order chi connectivity index (χ1) is 15.6. The third-order valence-corrected chi connectivity index (χ3v) is 7.32. The van der Waals surface area contributed by atoms with Crippen molar-refractivity contribution in [3.63, 3.8) is 0 Å². The molecule has 9 nitrogen and oxygen atoms in total. The third kappa shape index (κ3) is 5.50. The summed E-state index contributed by atoms with van der Waals surface area (Å²) in [5, 5.41) is 9.10. The molecule has 3 aromatic rings. The number of sulfonamides is 1. The van der Waals surface area contributed by atoms with Gasteiger partial charge in [0.1, 0.15) is 11.6 Å². The van der Waals surface area contributed by atoms with E-state index in [1.807, 2.05) is 0 Å². The van der Waals surface area contributed by atoms with Crippen LogP contribution in [0.5, 0.6) is 0 Å². The summed E-state index contributed by atoms with van der Waals surface area (Å²) in [7, 11) is -2.18. The Morgan fingerprint density at radius 1 is 1.18 bits per heavy atom. The molecule has 1 fully saturated rings. The molecule has 1 aliphatic rings. The molecule has 0 radical (unpaired) electrons. The zero-order chi connectivity index (χ0) is 23.8. The predicted molar refractivity (Wildman–Crippen MR) is 114 cm³/mol. The SMILES string of the molecule is C.CN(CC(Nc1ncc(-c2nnc(C(F)F)o2)cn1)c1ccc(F)cc1F)S(=O)(=O)C1CC1. The van der Waals surface area contributed by atoms with Crippen molar-refractivity contribution in [1.82, 2.24) is 24.5 Å². The molecule has 1 N–H and O–H groups in total. The van der Waals surface area contributed by atoms with Crippen molar-refractivity contribution in [3.8, 4) is 11.5 Å². The van der Waals surface area contributed by atoms with Gasteiger partial charge < -0.3 is 9.73 Å². The monoisotopic (exact) mass is 502 g/mol. The molecule has 1 aromatic carbocycles. The molecule has 1 saturated carbocycles. The van der Waals surface area contributed by atoms with Gasteiger partial charge in [-0.2, -0.15) is 8.78 Å². The van der Waals surface area contributed by atoms with E-state index in [1.54, 1.807) is 0 Å². The fraction of sp³-hybridized carbons (Fsp3) is 0.400. The van der Waals surface area contributed by atoms with Crippen LogP contribution in [0.1, 0.15) is 44.2 Å². The maximum atomic E-state index is 14.5. The first-order valence-electron chi connectivity index (χ1n) is 9.75. The number of hydrogen-bond acceptors (Lipinski definition) is 8. The number of benzene rings is 1. The maximum absolute atomic E-state index is 14.5. The van der Waals surface area contributed by atoms with Gasteiger partial charge in [0, 0.05) is 37.6 Å². The molecule has 2 aromatic heterocycles. The van der Waals surface area contributed by atoms with Gasteiger partial charge in [0.05, 0.1) is 16.9 Å². The molecule has 4 rings (SSSR count). The zero-order valence-electron chi connectivity index (χ0n) is 17.1. The number of nitrogens with one attached hydrogen (secondary N) is 1. The summed E-state index contributed by atoms with van der Waals surface area (Å²) in [6.07, 6.45) is 0.636. The van der Waals surface area contributed by atoms with E-state index in [4.69, 9.17) is 4.42 Å². The Morgan fingerprint density at radius 3 is 2.41 bits per heavy atom. The van der Waals surface area contributed by atoms with Crippen molar-refractivity contribution in [2.24, 2.45) is 0 Å². The van der Waals surface area contributed by atoms with Crippen LogP contribution in [0.25, 0.3) is 11.5 Å². The van der Waals surface area contributed by atoms with E-state index in [9.17, 15) is 26.0 Å². The second-order valence-corrected chi connectivity index (χ2v) is 9.75. The lowest BCUT2D eigenvalue weighted by molar-refractivity contribution is 0.116. The molecule has 0 aliphatic heterocycles. The van der Waals surface area contributed by atoms with Crippen LogP contribution in [0.15, 0.2) is 35.0 Å². The summed E-state index contributed by atoms with van der Waals surface area (Å²) in [5.41, 5.74) is 0.179. The molecular formula is C20H22F4N6O3S. The first-order valence-corrected chi connectivity index (χ1v) is 11.3. The Bertz CT molecular complexity index is 1240. The van der Waals surface area contributed by atoms with Gasteiger partial charge in [0.25, 0.3) is 11.8 Å². The number of rotatable bonds is 9. The van der Waals surface area contributed by atoms with Crippen molar-refractivity contribution in [3.05, 3.63) is 53.7 Å². The lowest BCUT2D eigenvalue weighted by Crippen LogP contribution is -2.36. The molecular weight excluding hydrogens is 480 g/mol. The second-order valence-electron chi connectivity index (χ2n) is 7.43. The van der Waals surface area contributed by atoms with E-state index < -0.39 is 45.3 Å². The van der Waals surface area contributed by atoms with Crippen LogP contribution in [0.4, 0.5) is 23.5 Å². The topological polar surface area (TPSA) is 114 Å². The van der Waals surface area contributed by atoms with E-state index in [1.165, 1.54) is 25.5 Å². The highest BCUT2D eigenvalue weighted by molar-refractivity contribution is 7.90. The Kier molecular flexibility index (Phi) is 7.51. The van der Waals surface area contributed by atoms with Crippen LogP contribution < -0.4 is 5.32 Å². The summed E-state index contributed by atoms with van der Waals surface area (Å²) in [5.74, 6) is -2.73. The predicted octanol–water partition coefficient (Wildman–Crippen LogP) is 3.96. The summed E-state index contributed by atoms with van der Waals surface area (Å²) in [6.45, 7) is -0.173. The Labute approximate surface area is 193 Å². The minimum Gasteiger partial charge on any atom is -0.415 e. The van der Waals surface area contributed by atoms with Crippen LogP contribution >= 0.6 is 0 Å². The summed E-state index contributed by atoms with van der Waals surface area (Å²) in [6, 6.07) is 2.00. The quantitative estimate of drug-likeness (QED) is 0.438. The first kappa shape index (κ1) is 25.5. The van der Waals surface area contributed by atoms with Crippen molar-refractivity contribution >= 4 is 16.0 Å². The van der Waals surface area contributed by atoms with E-state index in [-0.39, 0.29) is 36.9 Å². The molecule has 0 bridgehead atoms. The molecule has 14 heteroatoms. The highest BCUT2D eigenvalue weighted by Gasteiger charge is 2.39. The maximum Gasteiger partial charge on any atom is 0.314 e. The molecule has 0 spiro atoms. The van der Waals surface area contributed by atoms with E-state index in [2.05, 4.69) is 25.5 Å².